The highest BCUT2D eigenvalue weighted by Crippen LogP contribution is 2.25. The Morgan fingerprint density at radius 2 is 1.86 bits per heavy atom. The Kier molecular flexibility index (Phi) is 7.97. The number of hydrogen-bond donors (Lipinski definition) is 3. The number of nitrogens with one attached hydrogen (secondary N) is 3. The molecule has 0 saturated carbocycles. The molecule has 0 aliphatic carbocycles. The summed E-state index contributed by atoms with van der Waals surface area (Å²) in [6.07, 6.45) is 0. The Bertz CT molecular complexity index is 780. The highest BCUT2D eigenvalue weighted by atomic mass is 32.1. The number of hydrogen-bond acceptors (Lipinski definition) is 5. The highest BCUT2D eigenvalue weighted by molar-refractivity contribution is 7.10. The fourth-order valence-electron chi connectivity index (χ4n) is 3.06. The average Bonchev–Trinajstić information content (AvgIpc) is 3.27. The van der Waals surface area contributed by atoms with Crippen molar-refractivity contribution in [2.45, 2.75) is 12.6 Å². The third kappa shape index (κ3) is 6.81. The number of carbonyl (C=O) groups is 2. The molecule has 1 saturated heterocycles. The third-order valence-corrected chi connectivity index (χ3v) is 5.60. The second-order valence-corrected chi connectivity index (χ2v) is 7.63. The van der Waals surface area contributed by atoms with Gasteiger partial charge in [-0.05, 0) is 29.1 Å². The van der Waals surface area contributed by atoms with Crippen LogP contribution in [0.15, 0.2) is 41.8 Å². The molecular weight excluding hydrogens is 395 g/mol. The van der Waals surface area contributed by atoms with Crippen LogP contribution in [0.5, 0.6) is 0 Å². The molecule has 1 aromatic carbocycles. The molecule has 0 bridgehead atoms. The van der Waals surface area contributed by atoms with Crippen LogP contribution >= 0.6 is 11.3 Å². The van der Waals surface area contributed by atoms with Crippen molar-refractivity contribution in [3.05, 3.63) is 58.0 Å². The number of rotatable bonds is 8. The van der Waals surface area contributed by atoms with Gasteiger partial charge in [0.2, 0.25) is 5.91 Å². The molecule has 1 aliphatic rings. The molecule has 0 radical (unpaired) electrons. The lowest BCUT2D eigenvalue weighted by Gasteiger charge is -2.34. The van der Waals surface area contributed by atoms with Gasteiger partial charge < -0.3 is 20.7 Å². The number of halogens is 1. The van der Waals surface area contributed by atoms with E-state index < -0.39 is 6.03 Å². The van der Waals surface area contributed by atoms with Gasteiger partial charge in [0.1, 0.15) is 5.82 Å². The molecule has 0 unspecified atom stereocenters. The monoisotopic (exact) mass is 420 g/mol. The number of carbonyl (C=O) groups excluding carboxylic acids is 2. The summed E-state index contributed by atoms with van der Waals surface area (Å²) in [5.74, 6) is -0.579. The van der Waals surface area contributed by atoms with Crippen LogP contribution in [0, 0.1) is 5.82 Å². The van der Waals surface area contributed by atoms with Gasteiger partial charge in [0.15, 0.2) is 0 Å². The largest absolute Gasteiger partial charge is 0.379 e. The van der Waals surface area contributed by atoms with E-state index in [1.807, 2.05) is 11.4 Å². The Labute approximate surface area is 173 Å². The maximum absolute atomic E-state index is 12.9. The van der Waals surface area contributed by atoms with E-state index in [4.69, 9.17) is 4.74 Å². The molecule has 3 rings (SSSR count). The zero-order valence-electron chi connectivity index (χ0n) is 16.0. The molecule has 2 aromatic rings. The average molecular weight is 421 g/mol. The topological polar surface area (TPSA) is 82.7 Å². The van der Waals surface area contributed by atoms with Gasteiger partial charge in [-0.3, -0.25) is 9.69 Å². The molecule has 1 fully saturated rings. The van der Waals surface area contributed by atoms with Gasteiger partial charge in [-0.2, -0.15) is 0 Å². The van der Waals surface area contributed by atoms with Gasteiger partial charge in [0.25, 0.3) is 0 Å². The summed E-state index contributed by atoms with van der Waals surface area (Å²) in [5, 5.41) is 10.1. The summed E-state index contributed by atoms with van der Waals surface area (Å²) in [6, 6.07) is 9.57. The van der Waals surface area contributed by atoms with E-state index in [9.17, 15) is 14.0 Å². The molecule has 1 aliphatic heterocycles. The number of ether oxygens (including phenoxy) is 1. The molecule has 9 heteroatoms. The molecule has 1 aromatic heterocycles. The second kappa shape index (κ2) is 10.9. The molecule has 2 heterocycles. The summed E-state index contributed by atoms with van der Waals surface area (Å²) >= 11 is 1.66. The third-order valence-electron chi connectivity index (χ3n) is 4.63. The number of morpholine rings is 1. The van der Waals surface area contributed by atoms with Crippen LogP contribution < -0.4 is 16.0 Å². The van der Waals surface area contributed by atoms with Crippen LogP contribution in [0.2, 0.25) is 0 Å². The van der Waals surface area contributed by atoms with Crippen LogP contribution in [0.3, 0.4) is 0 Å². The predicted octanol–water partition coefficient (Wildman–Crippen LogP) is 1.88. The highest BCUT2D eigenvalue weighted by Gasteiger charge is 2.23. The van der Waals surface area contributed by atoms with E-state index in [-0.39, 0.29) is 30.9 Å². The number of nitrogens with zero attached hydrogens (tertiary/aromatic N) is 1. The van der Waals surface area contributed by atoms with Crippen LogP contribution in [0.1, 0.15) is 16.5 Å². The molecule has 0 spiro atoms. The summed E-state index contributed by atoms with van der Waals surface area (Å²) in [4.78, 5) is 27.5. The molecule has 156 valence electrons. The van der Waals surface area contributed by atoms with Gasteiger partial charge in [-0.25, -0.2) is 9.18 Å². The molecular formula is C20H25FN4O3S. The van der Waals surface area contributed by atoms with Crippen molar-refractivity contribution < 1.29 is 18.7 Å². The van der Waals surface area contributed by atoms with Crippen LogP contribution in [0.25, 0.3) is 0 Å². The predicted molar refractivity (Wildman–Crippen MR) is 109 cm³/mol. The van der Waals surface area contributed by atoms with E-state index in [2.05, 4.69) is 26.9 Å². The zero-order chi connectivity index (χ0) is 20.5. The molecule has 29 heavy (non-hydrogen) atoms. The lowest BCUT2D eigenvalue weighted by Crippen LogP contribution is -2.46. The minimum atomic E-state index is -0.451. The number of thiophene rings is 1. The van der Waals surface area contributed by atoms with Crippen LogP contribution in [0.4, 0.5) is 9.18 Å². The second-order valence-electron chi connectivity index (χ2n) is 6.65. The molecule has 3 amide bonds. The van der Waals surface area contributed by atoms with Gasteiger partial charge in [0, 0.05) is 31.1 Å². The minimum absolute atomic E-state index is 0.0927. The maximum atomic E-state index is 12.9. The number of urea groups is 1. The quantitative estimate of drug-likeness (QED) is 0.609. The Hall–Kier alpha value is -2.49. The summed E-state index contributed by atoms with van der Waals surface area (Å²) < 4.78 is 18.3. The van der Waals surface area contributed by atoms with Crippen molar-refractivity contribution in [2.24, 2.45) is 0 Å². The lowest BCUT2D eigenvalue weighted by atomic mass is 10.2. The fraction of sp³-hybridized carbons (Fsp3) is 0.400. The van der Waals surface area contributed by atoms with Crippen molar-refractivity contribution >= 4 is 23.3 Å². The van der Waals surface area contributed by atoms with Crippen molar-refractivity contribution in [1.29, 1.82) is 0 Å². The van der Waals surface area contributed by atoms with Crippen LogP contribution in [-0.4, -0.2) is 56.2 Å². The summed E-state index contributed by atoms with van der Waals surface area (Å²) in [6.45, 7) is 3.63. The summed E-state index contributed by atoms with van der Waals surface area (Å²) in [5.41, 5.74) is 0.773. The Balaban J connectivity index is 1.40. The van der Waals surface area contributed by atoms with E-state index >= 15 is 0 Å². The first-order chi connectivity index (χ1) is 14.1. The van der Waals surface area contributed by atoms with Crippen molar-refractivity contribution in [3.8, 4) is 0 Å². The van der Waals surface area contributed by atoms with E-state index in [0.717, 1.165) is 18.7 Å². The maximum Gasteiger partial charge on any atom is 0.315 e. The Morgan fingerprint density at radius 3 is 2.55 bits per heavy atom. The van der Waals surface area contributed by atoms with E-state index in [1.54, 1.807) is 23.5 Å². The molecule has 7 nitrogen and oxygen atoms in total. The SMILES string of the molecule is O=C(CNC(=O)NCc1ccc(F)cc1)NC[C@H](c1cccs1)N1CCOCC1. The van der Waals surface area contributed by atoms with Gasteiger partial charge in [0.05, 0.1) is 25.8 Å². The number of benzene rings is 1. The smallest absolute Gasteiger partial charge is 0.315 e. The first kappa shape index (κ1) is 21.2. The minimum Gasteiger partial charge on any atom is -0.379 e. The summed E-state index contributed by atoms with van der Waals surface area (Å²) in [7, 11) is 0. The molecule has 1 atom stereocenters. The lowest BCUT2D eigenvalue weighted by molar-refractivity contribution is -0.120. The van der Waals surface area contributed by atoms with Gasteiger partial charge in [-0.1, -0.05) is 18.2 Å². The van der Waals surface area contributed by atoms with E-state index in [0.29, 0.717) is 19.8 Å². The van der Waals surface area contributed by atoms with Crippen molar-refractivity contribution in [1.82, 2.24) is 20.9 Å². The zero-order valence-corrected chi connectivity index (χ0v) is 16.8. The van der Waals surface area contributed by atoms with Gasteiger partial charge in [-0.15, -0.1) is 11.3 Å². The van der Waals surface area contributed by atoms with Crippen LogP contribution in [-0.2, 0) is 16.1 Å². The van der Waals surface area contributed by atoms with E-state index in [1.165, 1.54) is 17.0 Å². The Morgan fingerprint density at radius 1 is 1.10 bits per heavy atom. The first-order valence-corrected chi connectivity index (χ1v) is 10.4. The molecule has 3 N–H and O–H groups in total. The first-order valence-electron chi connectivity index (χ1n) is 9.50. The fourth-order valence-corrected chi connectivity index (χ4v) is 3.92. The van der Waals surface area contributed by atoms with Crippen molar-refractivity contribution in [3.63, 3.8) is 0 Å². The normalized spacial score (nSPS) is 15.5. The van der Waals surface area contributed by atoms with Gasteiger partial charge >= 0.3 is 6.03 Å². The standard InChI is InChI=1S/C20H25FN4O3S/c21-16-5-3-15(4-6-16)12-23-20(27)24-14-19(26)22-13-17(18-2-1-11-29-18)25-7-9-28-10-8-25/h1-6,11,17H,7-10,12-14H2,(H,22,26)(H2,23,24,27)/t17-/m1/s1. The number of amides is 3. The van der Waals surface area contributed by atoms with Crippen molar-refractivity contribution in [2.75, 3.05) is 39.4 Å².